The molecule has 0 spiro atoms. The van der Waals surface area contributed by atoms with Crippen molar-refractivity contribution in [1.29, 1.82) is 0 Å². The summed E-state index contributed by atoms with van der Waals surface area (Å²) in [5.41, 5.74) is 2.46. The van der Waals surface area contributed by atoms with Gasteiger partial charge < -0.3 is 5.32 Å². The van der Waals surface area contributed by atoms with Crippen molar-refractivity contribution in [2.24, 2.45) is 0 Å². The lowest BCUT2D eigenvalue weighted by Crippen LogP contribution is -2.27. The molecule has 1 amide bonds. The van der Waals surface area contributed by atoms with Crippen LogP contribution in [0.15, 0.2) is 66.7 Å². The molecule has 1 heterocycles. The van der Waals surface area contributed by atoms with E-state index < -0.39 is 10.0 Å². The van der Waals surface area contributed by atoms with Crippen LogP contribution in [0.2, 0.25) is 0 Å². The molecule has 1 saturated heterocycles. The SMILES string of the molecule is O=C(NCCSCc1cccc2ccccc12)c1ccc(N2CCCS2(=O)=O)cc1. The van der Waals surface area contributed by atoms with Crippen LogP contribution in [0.4, 0.5) is 5.69 Å². The first kappa shape index (κ1) is 20.8. The molecule has 0 unspecified atom stereocenters. The summed E-state index contributed by atoms with van der Waals surface area (Å²) in [5, 5.41) is 5.46. The molecule has 0 saturated carbocycles. The van der Waals surface area contributed by atoms with E-state index in [9.17, 15) is 13.2 Å². The van der Waals surface area contributed by atoms with E-state index in [-0.39, 0.29) is 11.7 Å². The minimum Gasteiger partial charge on any atom is -0.351 e. The van der Waals surface area contributed by atoms with Crippen LogP contribution >= 0.6 is 11.8 Å². The third-order valence-electron chi connectivity index (χ3n) is 5.19. The number of hydrogen-bond donors (Lipinski definition) is 1. The highest BCUT2D eigenvalue weighted by Crippen LogP contribution is 2.24. The normalized spacial score (nSPS) is 15.4. The van der Waals surface area contributed by atoms with Crippen molar-refractivity contribution < 1.29 is 13.2 Å². The first-order chi connectivity index (χ1) is 14.5. The van der Waals surface area contributed by atoms with Gasteiger partial charge in [0.1, 0.15) is 0 Å². The number of rotatable bonds is 7. The van der Waals surface area contributed by atoms with Gasteiger partial charge >= 0.3 is 0 Å². The third kappa shape index (κ3) is 4.63. The van der Waals surface area contributed by atoms with E-state index in [4.69, 9.17) is 0 Å². The van der Waals surface area contributed by atoms with Crippen molar-refractivity contribution in [2.75, 3.05) is 28.9 Å². The Kier molecular flexibility index (Phi) is 6.29. The van der Waals surface area contributed by atoms with Crippen LogP contribution in [0.25, 0.3) is 10.8 Å². The number of amides is 1. The molecule has 0 radical (unpaired) electrons. The van der Waals surface area contributed by atoms with Gasteiger partial charge in [0.2, 0.25) is 10.0 Å². The maximum Gasteiger partial charge on any atom is 0.251 e. The average molecular weight is 441 g/mol. The van der Waals surface area contributed by atoms with Crippen LogP contribution in [-0.2, 0) is 15.8 Å². The lowest BCUT2D eigenvalue weighted by atomic mass is 10.1. The molecular weight excluding hydrogens is 416 g/mol. The Bertz CT molecular complexity index is 1140. The second-order valence-electron chi connectivity index (χ2n) is 7.24. The molecule has 7 heteroatoms. The molecule has 5 nitrogen and oxygen atoms in total. The number of benzene rings is 3. The van der Waals surface area contributed by atoms with Gasteiger partial charge in [-0.1, -0.05) is 42.5 Å². The smallest absolute Gasteiger partial charge is 0.251 e. The summed E-state index contributed by atoms with van der Waals surface area (Å²) in [4.78, 5) is 12.4. The molecule has 156 valence electrons. The lowest BCUT2D eigenvalue weighted by molar-refractivity contribution is 0.0956. The second-order valence-corrected chi connectivity index (χ2v) is 10.4. The maximum absolute atomic E-state index is 12.4. The fourth-order valence-electron chi connectivity index (χ4n) is 3.65. The predicted molar refractivity (Wildman–Crippen MR) is 125 cm³/mol. The van der Waals surface area contributed by atoms with Crippen molar-refractivity contribution in [3.63, 3.8) is 0 Å². The first-order valence-corrected chi connectivity index (χ1v) is 12.7. The number of nitrogens with zero attached hydrogens (tertiary/aromatic N) is 1. The summed E-state index contributed by atoms with van der Waals surface area (Å²) in [5.74, 6) is 1.76. The number of thioether (sulfide) groups is 1. The van der Waals surface area contributed by atoms with E-state index in [2.05, 4.69) is 41.7 Å². The summed E-state index contributed by atoms with van der Waals surface area (Å²) in [7, 11) is -3.20. The van der Waals surface area contributed by atoms with Gasteiger partial charge in [0, 0.05) is 30.2 Å². The van der Waals surface area contributed by atoms with Gasteiger partial charge in [0.15, 0.2) is 0 Å². The third-order valence-corrected chi connectivity index (χ3v) is 8.06. The van der Waals surface area contributed by atoms with Crippen LogP contribution in [-0.4, -0.2) is 38.9 Å². The molecule has 0 bridgehead atoms. The summed E-state index contributed by atoms with van der Waals surface area (Å²) in [6.45, 7) is 1.08. The zero-order valence-electron chi connectivity index (χ0n) is 16.6. The molecule has 0 aromatic heterocycles. The molecule has 1 fully saturated rings. The summed E-state index contributed by atoms with van der Waals surface area (Å²) in [6, 6.07) is 21.5. The van der Waals surface area contributed by atoms with Crippen molar-refractivity contribution in [1.82, 2.24) is 5.32 Å². The summed E-state index contributed by atoms with van der Waals surface area (Å²) < 4.78 is 25.4. The zero-order valence-corrected chi connectivity index (χ0v) is 18.2. The highest BCUT2D eigenvalue weighted by Gasteiger charge is 2.28. The Morgan fingerprint density at radius 1 is 1.00 bits per heavy atom. The van der Waals surface area contributed by atoms with Crippen molar-refractivity contribution in [2.45, 2.75) is 12.2 Å². The van der Waals surface area contributed by atoms with Crippen molar-refractivity contribution >= 4 is 44.2 Å². The molecule has 3 aromatic rings. The molecule has 1 aliphatic rings. The number of hydrogen-bond acceptors (Lipinski definition) is 4. The topological polar surface area (TPSA) is 66.5 Å². The largest absolute Gasteiger partial charge is 0.351 e. The van der Waals surface area contributed by atoms with E-state index in [0.717, 1.165) is 11.5 Å². The molecule has 4 rings (SSSR count). The second kappa shape index (κ2) is 9.10. The van der Waals surface area contributed by atoms with Gasteiger partial charge in [-0.15, -0.1) is 0 Å². The van der Waals surface area contributed by atoms with E-state index in [0.29, 0.717) is 30.8 Å². The van der Waals surface area contributed by atoms with Gasteiger partial charge in [-0.3, -0.25) is 9.10 Å². The van der Waals surface area contributed by atoms with Crippen molar-refractivity contribution in [3.05, 3.63) is 77.9 Å². The number of sulfonamides is 1. The fourth-order valence-corrected chi connectivity index (χ4v) is 6.07. The molecule has 3 aromatic carbocycles. The van der Waals surface area contributed by atoms with Crippen LogP contribution in [0.5, 0.6) is 0 Å². The highest BCUT2D eigenvalue weighted by molar-refractivity contribution is 7.98. The number of carbonyl (C=O) groups excluding carboxylic acids is 1. The van der Waals surface area contributed by atoms with Gasteiger partial charge in [0.25, 0.3) is 5.91 Å². The first-order valence-electron chi connectivity index (χ1n) is 9.98. The number of nitrogens with one attached hydrogen (secondary N) is 1. The van der Waals surface area contributed by atoms with Crippen LogP contribution in [0, 0.1) is 0 Å². The zero-order chi connectivity index (χ0) is 21.0. The number of anilines is 1. The minimum atomic E-state index is -3.20. The number of carbonyl (C=O) groups is 1. The summed E-state index contributed by atoms with van der Waals surface area (Å²) >= 11 is 1.79. The molecular formula is C23H24N2O3S2. The van der Waals surface area contributed by atoms with Gasteiger partial charge in [-0.2, -0.15) is 11.8 Å². The Hall–Kier alpha value is -2.51. The van der Waals surface area contributed by atoms with Crippen LogP contribution in [0.1, 0.15) is 22.3 Å². The monoisotopic (exact) mass is 440 g/mol. The van der Waals surface area contributed by atoms with E-state index in [1.54, 1.807) is 36.0 Å². The number of fused-ring (bicyclic) bond motifs is 1. The quantitative estimate of drug-likeness (QED) is 0.563. The highest BCUT2D eigenvalue weighted by atomic mass is 32.2. The van der Waals surface area contributed by atoms with Gasteiger partial charge in [-0.25, -0.2) is 8.42 Å². The van der Waals surface area contributed by atoms with Gasteiger partial charge in [0.05, 0.1) is 11.4 Å². The van der Waals surface area contributed by atoms with E-state index >= 15 is 0 Å². The molecule has 1 aliphatic heterocycles. The molecule has 1 N–H and O–H groups in total. The lowest BCUT2D eigenvalue weighted by Gasteiger charge is -2.17. The Morgan fingerprint density at radius 3 is 2.53 bits per heavy atom. The van der Waals surface area contributed by atoms with Crippen molar-refractivity contribution in [3.8, 4) is 0 Å². The maximum atomic E-state index is 12.4. The molecule has 30 heavy (non-hydrogen) atoms. The fraction of sp³-hybridized carbons (Fsp3) is 0.261. The predicted octanol–water partition coefficient (Wildman–Crippen LogP) is 4.04. The van der Waals surface area contributed by atoms with E-state index in [1.165, 1.54) is 20.6 Å². The standard InChI is InChI=1S/C23H24N2O3S2/c26-23(19-9-11-21(12-10-19)25-14-4-16-30(25,27)28)24-13-15-29-17-20-7-3-6-18-5-1-2-8-22(18)20/h1-3,5-12H,4,13-17H2,(H,24,26). The van der Waals surface area contributed by atoms with Crippen LogP contribution in [0.3, 0.4) is 0 Å². The Balaban J connectivity index is 1.26. The minimum absolute atomic E-state index is 0.142. The average Bonchev–Trinajstić information content (AvgIpc) is 3.12. The van der Waals surface area contributed by atoms with Crippen LogP contribution < -0.4 is 9.62 Å². The van der Waals surface area contributed by atoms with E-state index in [1.807, 2.05) is 6.07 Å². The Labute approximate surface area is 181 Å². The van der Waals surface area contributed by atoms with Gasteiger partial charge in [-0.05, 0) is 47.0 Å². The Morgan fingerprint density at radius 2 is 1.77 bits per heavy atom. The molecule has 0 aliphatic carbocycles. The summed E-state index contributed by atoms with van der Waals surface area (Å²) in [6.07, 6.45) is 0.640. The molecule has 0 atom stereocenters.